The largest absolute Gasteiger partial charge is 0.306 e. The van der Waals surface area contributed by atoms with Gasteiger partial charge in [-0.15, -0.1) is 0 Å². The third kappa shape index (κ3) is 0.962. The lowest BCUT2D eigenvalue weighted by Gasteiger charge is -2.07. The Labute approximate surface area is 67.4 Å². The smallest absolute Gasteiger partial charge is 0.0300 e. The second kappa shape index (κ2) is 2.35. The van der Waals surface area contributed by atoms with Crippen molar-refractivity contribution in [3.63, 3.8) is 0 Å². The van der Waals surface area contributed by atoms with E-state index < -0.39 is 0 Å². The van der Waals surface area contributed by atoms with Gasteiger partial charge < -0.3 is 5.32 Å². The average Bonchev–Trinajstić information content (AvgIpc) is 2.34. The number of fused-ring (bicyclic) bond motifs is 1. The fourth-order valence-corrected chi connectivity index (χ4v) is 1.88. The first-order valence-electron chi connectivity index (χ1n) is 4.11. The van der Waals surface area contributed by atoms with Crippen molar-refractivity contribution in [2.24, 2.45) is 0 Å². The van der Waals surface area contributed by atoms with Gasteiger partial charge in [-0.25, -0.2) is 0 Å². The van der Waals surface area contributed by atoms with Gasteiger partial charge in [0.05, 0.1) is 0 Å². The summed E-state index contributed by atoms with van der Waals surface area (Å²) in [4.78, 5) is 0. The van der Waals surface area contributed by atoms with Crippen LogP contribution in [0.1, 0.15) is 29.7 Å². The SMILES string of the molecule is Cc1cccc2c1[C@H](C)NC2. The molecule has 0 saturated carbocycles. The molecule has 1 N–H and O–H groups in total. The Hall–Kier alpha value is -0.820. The molecule has 1 nitrogen and oxygen atoms in total. The lowest BCUT2D eigenvalue weighted by Crippen LogP contribution is -2.07. The molecule has 0 fully saturated rings. The third-order valence-corrected chi connectivity index (χ3v) is 2.45. The van der Waals surface area contributed by atoms with E-state index in [1.165, 1.54) is 16.7 Å². The minimum Gasteiger partial charge on any atom is -0.306 e. The first kappa shape index (κ1) is 6.86. The van der Waals surface area contributed by atoms with Crippen LogP contribution >= 0.6 is 0 Å². The number of hydrogen-bond donors (Lipinski definition) is 1. The number of benzene rings is 1. The molecular weight excluding hydrogens is 134 g/mol. The lowest BCUT2D eigenvalue weighted by atomic mass is 10.0. The van der Waals surface area contributed by atoms with Crippen molar-refractivity contribution >= 4 is 0 Å². The molecule has 2 rings (SSSR count). The molecule has 1 aliphatic rings. The van der Waals surface area contributed by atoms with Crippen LogP contribution in [0.5, 0.6) is 0 Å². The molecule has 11 heavy (non-hydrogen) atoms. The molecule has 58 valence electrons. The predicted molar refractivity (Wildman–Crippen MR) is 46.4 cm³/mol. The quantitative estimate of drug-likeness (QED) is 0.593. The van der Waals surface area contributed by atoms with Crippen LogP contribution in [0.15, 0.2) is 18.2 Å². The molecule has 0 aliphatic carbocycles. The molecule has 0 radical (unpaired) electrons. The van der Waals surface area contributed by atoms with E-state index >= 15 is 0 Å². The zero-order valence-corrected chi connectivity index (χ0v) is 7.02. The summed E-state index contributed by atoms with van der Waals surface area (Å²) in [5, 5.41) is 3.43. The summed E-state index contributed by atoms with van der Waals surface area (Å²) in [6.07, 6.45) is 0. The molecule has 0 bridgehead atoms. The fourth-order valence-electron chi connectivity index (χ4n) is 1.88. The van der Waals surface area contributed by atoms with E-state index in [1.54, 1.807) is 0 Å². The van der Waals surface area contributed by atoms with E-state index in [9.17, 15) is 0 Å². The summed E-state index contributed by atoms with van der Waals surface area (Å²) in [5.74, 6) is 0. The molecule has 1 heterocycles. The summed E-state index contributed by atoms with van der Waals surface area (Å²) in [6.45, 7) is 5.44. The van der Waals surface area contributed by atoms with Gasteiger partial charge in [0.25, 0.3) is 0 Å². The van der Waals surface area contributed by atoms with Crippen LogP contribution in [0.2, 0.25) is 0 Å². The molecule has 0 aromatic heterocycles. The molecule has 1 atom stereocenters. The Bertz CT molecular complexity index is 278. The molecule has 0 spiro atoms. The lowest BCUT2D eigenvalue weighted by molar-refractivity contribution is 0.631. The van der Waals surface area contributed by atoms with Crippen LogP contribution in [0.25, 0.3) is 0 Å². The molecule has 1 aliphatic heterocycles. The van der Waals surface area contributed by atoms with Crippen LogP contribution in [-0.4, -0.2) is 0 Å². The Kier molecular flexibility index (Phi) is 1.46. The van der Waals surface area contributed by atoms with Gasteiger partial charge in [-0.3, -0.25) is 0 Å². The van der Waals surface area contributed by atoms with E-state index in [0.717, 1.165) is 6.54 Å². The normalized spacial score (nSPS) is 21.8. The topological polar surface area (TPSA) is 12.0 Å². The third-order valence-electron chi connectivity index (χ3n) is 2.45. The Morgan fingerprint density at radius 3 is 3.00 bits per heavy atom. The molecule has 0 amide bonds. The zero-order valence-electron chi connectivity index (χ0n) is 7.02. The van der Waals surface area contributed by atoms with Crippen molar-refractivity contribution < 1.29 is 0 Å². The van der Waals surface area contributed by atoms with Gasteiger partial charge >= 0.3 is 0 Å². The highest BCUT2D eigenvalue weighted by Gasteiger charge is 2.18. The summed E-state index contributed by atoms with van der Waals surface area (Å²) < 4.78 is 0. The van der Waals surface area contributed by atoms with Crippen molar-refractivity contribution in [3.8, 4) is 0 Å². The molecule has 0 unspecified atom stereocenters. The molecular formula is C10H13N. The maximum atomic E-state index is 3.43. The van der Waals surface area contributed by atoms with Crippen molar-refractivity contribution in [1.82, 2.24) is 5.32 Å². The van der Waals surface area contributed by atoms with E-state index in [4.69, 9.17) is 0 Å². The second-order valence-corrected chi connectivity index (χ2v) is 3.25. The van der Waals surface area contributed by atoms with Crippen molar-refractivity contribution in [2.75, 3.05) is 0 Å². The van der Waals surface area contributed by atoms with Gasteiger partial charge in [0, 0.05) is 12.6 Å². The zero-order chi connectivity index (χ0) is 7.84. The minimum absolute atomic E-state index is 0.547. The highest BCUT2D eigenvalue weighted by Crippen LogP contribution is 2.27. The van der Waals surface area contributed by atoms with Gasteiger partial charge in [-0.2, -0.15) is 0 Å². The Morgan fingerprint density at radius 1 is 1.45 bits per heavy atom. The van der Waals surface area contributed by atoms with Gasteiger partial charge in [-0.05, 0) is 30.5 Å². The maximum Gasteiger partial charge on any atom is 0.0300 e. The predicted octanol–water partition coefficient (Wildman–Crippen LogP) is 2.16. The highest BCUT2D eigenvalue weighted by molar-refractivity contribution is 5.39. The summed E-state index contributed by atoms with van der Waals surface area (Å²) in [5.41, 5.74) is 4.39. The number of nitrogens with one attached hydrogen (secondary N) is 1. The van der Waals surface area contributed by atoms with Gasteiger partial charge in [0.1, 0.15) is 0 Å². The average molecular weight is 147 g/mol. The van der Waals surface area contributed by atoms with Gasteiger partial charge in [0.2, 0.25) is 0 Å². The van der Waals surface area contributed by atoms with E-state index in [0.29, 0.717) is 6.04 Å². The van der Waals surface area contributed by atoms with Crippen LogP contribution in [-0.2, 0) is 6.54 Å². The molecule has 1 aromatic carbocycles. The summed E-state index contributed by atoms with van der Waals surface area (Å²) in [7, 11) is 0. The fraction of sp³-hybridized carbons (Fsp3) is 0.400. The van der Waals surface area contributed by atoms with Crippen LogP contribution < -0.4 is 5.32 Å². The van der Waals surface area contributed by atoms with Crippen molar-refractivity contribution in [2.45, 2.75) is 26.4 Å². The Balaban J connectivity index is 2.58. The van der Waals surface area contributed by atoms with Crippen molar-refractivity contribution in [3.05, 3.63) is 34.9 Å². The van der Waals surface area contributed by atoms with Gasteiger partial charge in [-0.1, -0.05) is 18.2 Å². The van der Waals surface area contributed by atoms with Crippen LogP contribution in [0.3, 0.4) is 0 Å². The van der Waals surface area contributed by atoms with E-state index in [1.807, 2.05) is 0 Å². The molecule has 0 saturated heterocycles. The summed E-state index contributed by atoms with van der Waals surface area (Å²) >= 11 is 0. The molecule has 1 heteroatoms. The Morgan fingerprint density at radius 2 is 2.27 bits per heavy atom. The summed E-state index contributed by atoms with van der Waals surface area (Å²) in [6, 6.07) is 7.07. The second-order valence-electron chi connectivity index (χ2n) is 3.25. The monoisotopic (exact) mass is 147 g/mol. The number of aryl methyl sites for hydroxylation is 1. The maximum absolute atomic E-state index is 3.43. The van der Waals surface area contributed by atoms with Crippen LogP contribution in [0, 0.1) is 6.92 Å². The van der Waals surface area contributed by atoms with Crippen molar-refractivity contribution in [1.29, 1.82) is 0 Å². The number of hydrogen-bond acceptors (Lipinski definition) is 1. The first-order chi connectivity index (χ1) is 5.29. The molecule has 1 aromatic rings. The standard InChI is InChI=1S/C10H13N/c1-7-4-3-5-9-6-11-8(2)10(7)9/h3-5,8,11H,6H2,1-2H3/t8-/m0/s1. The highest BCUT2D eigenvalue weighted by atomic mass is 14.9. The first-order valence-corrected chi connectivity index (χ1v) is 4.11. The van der Waals surface area contributed by atoms with E-state index in [-0.39, 0.29) is 0 Å². The van der Waals surface area contributed by atoms with Gasteiger partial charge in [0.15, 0.2) is 0 Å². The van der Waals surface area contributed by atoms with E-state index in [2.05, 4.69) is 37.4 Å². The minimum atomic E-state index is 0.547. The number of rotatable bonds is 0. The van der Waals surface area contributed by atoms with Crippen LogP contribution in [0.4, 0.5) is 0 Å².